The Kier molecular flexibility index (Phi) is 4.51. The Bertz CT molecular complexity index is 1500. The minimum Gasteiger partial charge on any atom is -0.497 e. The number of hydrogen-bond donors (Lipinski definition) is 1. The van der Waals surface area contributed by atoms with Gasteiger partial charge in [0, 0.05) is 37.3 Å². The summed E-state index contributed by atoms with van der Waals surface area (Å²) < 4.78 is 19.2. The van der Waals surface area contributed by atoms with Gasteiger partial charge in [0.15, 0.2) is 5.58 Å². The van der Waals surface area contributed by atoms with Gasteiger partial charge in [-0.2, -0.15) is 0 Å². The van der Waals surface area contributed by atoms with Crippen LogP contribution in [0.5, 0.6) is 11.5 Å². The van der Waals surface area contributed by atoms with Crippen LogP contribution in [-0.2, 0) is 5.41 Å². The molecule has 0 radical (unpaired) electrons. The van der Waals surface area contributed by atoms with E-state index in [4.69, 9.17) is 13.9 Å². The van der Waals surface area contributed by atoms with Gasteiger partial charge in [-0.3, -0.25) is 0 Å². The summed E-state index contributed by atoms with van der Waals surface area (Å²) in [5, 5.41) is 6.07. The molecule has 3 aliphatic rings. The summed E-state index contributed by atoms with van der Waals surface area (Å²) in [6.45, 7) is 7.29. The van der Waals surface area contributed by atoms with Crippen molar-refractivity contribution in [2.75, 3.05) is 48.9 Å². The van der Waals surface area contributed by atoms with Crippen LogP contribution in [0.3, 0.4) is 0 Å². The maximum atomic E-state index is 7.18. The molecule has 3 aliphatic heterocycles. The second-order valence-corrected chi connectivity index (χ2v) is 10.9. The summed E-state index contributed by atoms with van der Waals surface area (Å²) in [4.78, 5) is 4.78. The molecule has 1 fully saturated rings. The van der Waals surface area contributed by atoms with Crippen LogP contribution in [0.2, 0.25) is 0 Å². The van der Waals surface area contributed by atoms with Gasteiger partial charge in [-0.15, -0.1) is 0 Å². The predicted octanol–water partition coefficient (Wildman–Crippen LogP) is 6.51. The van der Waals surface area contributed by atoms with Crippen LogP contribution in [0.4, 0.5) is 17.1 Å². The molecule has 0 amide bonds. The topological polar surface area (TPSA) is 50.1 Å². The molecule has 7 rings (SSSR count). The first-order valence-electron chi connectivity index (χ1n) is 13.0. The van der Waals surface area contributed by atoms with Crippen molar-refractivity contribution in [2.24, 2.45) is 0 Å². The lowest BCUT2D eigenvalue weighted by Crippen LogP contribution is -2.64. The molecule has 6 heteroatoms. The molecule has 1 aromatic heterocycles. The van der Waals surface area contributed by atoms with Crippen molar-refractivity contribution < 1.29 is 13.9 Å². The average molecular weight is 484 g/mol. The number of piperidine rings is 1. The van der Waals surface area contributed by atoms with E-state index in [-0.39, 0.29) is 5.41 Å². The van der Waals surface area contributed by atoms with Gasteiger partial charge in [0.05, 0.1) is 35.8 Å². The van der Waals surface area contributed by atoms with Crippen LogP contribution in [0.1, 0.15) is 38.7 Å². The van der Waals surface area contributed by atoms with Crippen molar-refractivity contribution in [1.82, 2.24) is 0 Å². The van der Waals surface area contributed by atoms with E-state index >= 15 is 0 Å². The van der Waals surface area contributed by atoms with Crippen molar-refractivity contribution in [3.05, 3.63) is 54.1 Å². The molecule has 0 saturated carbocycles. The molecular weight excluding hydrogens is 450 g/mol. The lowest BCUT2D eigenvalue weighted by molar-refractivity contribution is 0.0201. The smallest absolute Gasteiger partial charge is 0.209 e. The van der Waals surface area contributed by atoms with Crippen LogP contribution in [0, 0.1) is 0 Å². The zero-order chi connectivity index (χ0) is 24.7. The third-order valence-corrected chi connectivity index (χ3v) is 8.83. The quantitative estimate of drug-likeness (QED) is 0.351. The molecule has 1 unspecified atom stereocenters. The standard InChI is InChI=1S/C30H33N3O3/c1-29(2)21-16-19(34-4)12-13-22(21)32(3)30(29)18-31-27-25(36-30)17-23(33-14-8-5-9-15-33)28-26(27)20-10-6-7-11-24(20)35-28/h6-7,10-13,16-17,31H,5,8-9,14-15,18H2,1-4H3. The molecule has 3 aromatic carbocycles. The summed E-state index contributed by atoms with van der Waals surface area (Å²) >= 11 is 0. The van der Waals surface area contributed by atoms with E-state index in [0.29, 0.717) is 6.54 Å². The molecule has 186 valence electrons. The molecule has 1 N–H and O–H groups in total. The summed E-state index contributed by atoms with van der Waals surface area (Å²) in [5.74, 6) is 1.76. The Morgan fingerprint density at radius 2 is 1.78 bits per heavy atom. The molecule has 0 aliphatic carbocycles. The molecule has 1 atom stereocenters. The number of nitrogens with one attached hydrogen (secondary N) is 1. The number of ether oxygens (including phenoxy) is 2. The number of methoxy groups -OCH3 is 1. The number of likely N-dealkylation sites (N-methyl/N-ethyl adjacent to an activating group) is 1. The largest absolute Gasteiger partial charge is 0.497 e. The third kappa shape index (κ3) is 2.73. The normalized spacial score (nSPS) is 22.4. The number of nitrogens with zero attached hydrogens (tertiary/aromatic N) is 2. The monoisotopic (exact) mass is 483 g/mol. The SMILES string of the molecule is COc1ccc2c(c1)C(C)(C)C1(CNc3c(cc(N4CCCCC4)c4oc5ccccc5c34)O1)N2C. The predicted molar refractivity (Wildman–Crippen MR) is 146 cm³/mol. The summed E-state index contributed by atoms with van der Waals surface area (Å²) in [6, 6.07) is 16.9. The lowest BCUT2D eigenvalue weighted by Gasteiger charge is -2.49. The minimum atomic E-state index is -0.582. The van der Waals surface area contributed by atoms with Crippen LogP contribution < -0.4 is 24.6 Å². The Morgan fingerprint density at radius 3 is 2.58 bits per heavy atom. The molecule has 6 nitrogen and oxygen atoms in total. The van der Waals surface area contributed by atoms with Crippen molar-refractivity contribution in [1.29, 1.82) is 0 Å². The van der Waals surface area contributed by atoms with Crippen molar-refractivity contribution in [3.63, 3.8) is 0 Å². The zero-order valence-corrected chi connectivity index (χ0v) is 21.5. The van der Waals surface area contributed by atoms with Gasteiger partial charge >= 0.3 is 0 Å². The number of furan rings is 1. The van der Waals surface area contributed by atoms with Crippen molar-refractivity contribution in [3.8, 4) is 11.5 Å². The number of hydrogen-bond acceptors (Lipinski definition) is 6. The first-order valence-corrected chi connectivity index (χ1v) is 13.0. The fourth-order valence-electron chi connectivity index (χ4n) is 6.71. The van der Waals surface area contributed by atoms with Crippen LogP contribution >= 0.6 is 0 Å². The highest BCUT2D eigenvalue weighted by Crippen LogP contribution is 2.56. The Morgan fingerprint density at radius 1 is 0.972 bits per heavy atom. The third-order valence-electron chi connectivity index (χ3n) is 8.83. The fraction of sp³-hybridized carbons (Fsp3) is 0.400. The zero-order valence-electron chi connectivity index (χ0n) is 21.5. The Labute approximate surface area is 211 Å². The first kappa shape index (κ1) is 21.7. The molecule has 1 saturated heterocycles. The van der Waals surface area contributed by atoms with Crippen LogP contribution in [0.25, 0.3) is 21.9 Å². The van der Waals surface area contributed by atoms with Gasteiger partial charge in [-0.25, -0.2) is 0 Å². The minimum absolute atomic E-state index is 0.283. The maximum absolute atomic E-state index is 7.18. The summed E-state index contributed by atoms with van der Waals surface area (Å²) in [7, 11) is 3.87. The molecule has 1 spiro atoms. The van der Waals surface area contributed by atoms with Crippen molar-refractivity contribution in [2.45, 2.75) is 44.2 Å². The maximum Gasteiger partial charge on any atom is 0.209 e. The number of anilines is 3. The lowest BCUT2D eigenvalue weighted by atomic mass is 9.76. The van der Waals surface area contributed by atoms with E-state index in [0.717, 1.165) is 57.9 Å². The second-order valence-electron chi connectivity index (χ2n) is 10.9. The average Bonchev–Trinajstić information content (AvgIpc) is 3.37. The van der Waals surface area contributed by atoms with Gasteiger partial charge in [-0.05, 0) is 62.9 Å². The second kappa shape index (κ2) is 7.48. The summed E-state index contributed by atoms with van der Waals surface area (Å²) in [6.07, 6.45) is 3.69. The van der Waals surface area contributed by atoms with E-state index in [2.05, 4.69) is 72.4 Å². The first-order chi connectivity index (χ1) is 17.4. The van der Waals surface area contributed by atoms with E-state index < -0.39 is 5.72 Å². The number of para-hydroxylation sites is 1. The molecule has 36 heavy (non-hydrogen) atoms. The summed E-state index contributed by atoms with van der Waals surface area (Å²) in [5.41, 5.74) is 5.58. The molecule has 0 bridgehead atoms. The van der Waals surface area contributed by atoms with Gasteiger partial charge in [0.25, 0.3) is 0 Å². The van der Waals surface area contributed by atoms with Gasteiger partial charge in [-0.1, -0.05) is 18.2 Å². The van der Waals surface area contributed by atoms with Crippen LogP contribution in [-0.4, -0.2) is 39.5 Å². The van der Waals surface area contributed by atoms with Gasteiger partial charge < -0.3 is 29.0 Å². The van der Waals surface area contributed by atoms with Crippen molar-refractivity contribution >= 4 is 39.0 Å². The molecular formula is C30H33N3O3. The molecule has 4 heterocycles. The highest BCUT2D eigenvalue weighted by Gasteiger charge is 2.59. The van der Waals surface area contributed by atoms with E-state index in [1.54, 1.807) is 7.11 Å². The number of benzene rings is 3. The van der Waals surface area contributed by atoms with Gasteiger partial charge in [0.1, 0.15) is 17.1 Å². The number of rotatable bonds is 2. The Hall–Kier alpha value is -3.54. The molecule has 4 aromatic rings. The van der Waals surface area contributed by atoms with Crippen LogP contribution in [0.15, 0.2) is 52.9 Å². The van der Waals surface area contributed by atoms with E-state index in [1.807, 2.05) is 12.1 Å². The fourth-order valence-corrected chi connectivity index (χ4v) is 6.71. The highest BCUT2D eigenvalue weighted by molar-refractivity contribution is 6.16. The van der Waals surface area contributed by atoms with Gasteiger partial charge in [0.2, 0.25) is 5.72 Å². The van der Waals surface area contributed by atoms with E-state index in [1.165, 1.54) is 30.5 Å². The number of fused-ring (bicyclic) bond motifs is 6. The highest BCUT2D eigenvalue weighted by atomic mass is 16.5. The van der Waals surface area contributed by atoms with E-state index in [9.17, 15) is 0 Å². The Balaban J connectivity index is 1.43.